The summed E-state index contributed by atoms with van der Waals surface area (Å²) in [6, 6.07) is 18.9. The third-order valence-corrected chi connectivity index (χ3v) is 6.90. The highest BCUT2D eigenvalue weighted by molar-refractivity contribution is 6.36. The van der Waals surface area contributed by atoms with E-state index in [1.54, 1.807) is 7.05 Å². The van der Waals surface area contributed by atoms with Crippen LogP contribution in [0.15, 0.2) is 60.7 Å². The van der Waals surface area contributed by atoms with Crippen LogP contribution in [0.1, 0.15) is 33.3 Å². The fraction of sp³-hybridized carbons (Fsp3) is 0.296. The minimum absolute atomic E-state index is 0.0318. The van der Waals surface area contributed by atoms with Crippen molar-refractivity contribution in [2.75, 3.05) is 6.61 Å². The van der Waals surface area contributed by atoms with Gasteiger partial charge in [0.1, 0.15) is 29.1 Å². The molecule has 0 radical (unpaired) electrons. The molecule has 4 atom stereocenters. The summed E-state index contributed by atoms with van der Waals surface area (Å²) in [6.45, 7) is 0.473. The summed E-state index contributed by atoms with van der Waals surface area (Å²) >= 11 is 12.2. The zero-order valence-corrected chi connectivity index (χ0v) is 21.8. The van der Waals surface area contributed by atoms with Crippen LogP contribution in [0.25, 0.3) is 11.0 Å². The lowest BCUT2D eigenvalue weighted by Gasteiger charge is -2.20. The van der Waals surface area contributed by atoms with Gasteiger partial charge < -0.3 is 23.9 Å². The second-order valence-electron chi connectivity index (χ2n) is 8.91. The number of aromatic nitrogens is 3. The Balaban J connectivity index is 1.47. The van der Waals surface area contributed by atoms with E-state index in [4.69, 9.17) is 37.4 Å². The Labute approximate surface area is 227 Å². The van der Waals surface area contributed by atoms with Crippen LogP contribution in [-0.2, 0) is 34.5 Å². The first-order valence-corrected chi connectivity index (χ1v) is 12.6. The number of rotatable bonds is 9. The normalized spacial score (nSPS) is 21.3. The van der Waals surface area contributed by atoms with Gasteiger partial charge in [-0.05, 0) is 22.7 Å². The van der Waals surface area contributed by atoms with Crippen molar-refractivity contribution in [3.05, 3.63) is 93.5 Å². The van der Waals surface area contributed by atoms with Crippen molar-refractivity contribution in [3.8, 4) is 0 Å². The number of halogens is 3. The van der Waals surface area contributed by atoms with Crippen LogP contribution in [0.2, 0.25) is 10.4 Å². The zero-order chi connectivity index (χ0) is 26.8. The maximum absolute atomic E-state index is 16.2. The first-order chi connectivity index (χ1) is 18.3. The first-order valence-electron chi connectivity index (χ1n) is 11.9. The predicted octanol–water partition coefficient (Wildman–Crippen LogP) is 5.55. The summed E-state index contributed by atoms with van der Waals surface area (Å²) in [6.07, 6.45) is -4.85. The van der Waals surface area contributed by atoms with Crippen molar-refractivity contribution in [1.82, 2.24) is 14.5 Å². The number of aryl methyl sites for hydroxylation is 1. The van der Waals surface area contributed by atoms with Crippen LogP contribution in [0.3, 0.4) is 0 Å². The number of hydrogen-bond donors (Lipinski definition) is 1. The van der Waals surface area contributed by atoms with Gasteiger partial charge in [0.25, 0.3) is 0 Å². The number of carbonyl (C=O) groups is 1. The van der Waals surface area contributed by atoms with E-state index >= 15 is 4.39 Å². The lowest BCUT2D eigenvalue weighted by molar-refractivity contribution is -0.0743. The minimum atomic E-state index is -1.72. The van der Waals surface area contributed by atoms with E-state index < -0.39 is 30.5 Å². The molecule has 0 aliphatic carbocycles. The number of alkyl halides is 1. The maximum atomic E-state index is 16.2. The van der Waals surface area contributed by atoms with E-state index in [9.17, 15) is 9.90 Å². The molecular weight excluding hydrogens is 536 g/mol. The Kier molecular flexibility index (Phi) is 7.92. The Bertz CT molecular complexity index is 1440. The Morgan fingerprint density at radius 1 is 1.05 bits per heavy atom. The Morgan fingerprint density at radius 2 is 1.68 bits per heavy atom. The third-order valence-electron chi connectivity index (χ3n) is 6.46. The molecule has 2 aromatic heterocycles. The average Bonchev–Trinajstić information content (AvgIpc) is 3.37. The molecule has 2 aromatic carbocycles. The number of benzene rings is 2. The molecule has 198 valence electrons. The number of hydrogen-bond acceptors (Lipinski definition) is 6. The number of ether oxygens (including phenoxy) is 3. The zero-order valence-electron chi connectivity index (χ0n) is 20.3. The van der Waals surface area contributed by atoms with Crippen LogP contribution in [0.5, 0.6) is 0 Å². The van der Waals surface area contributed by atoms with Gasteiger partial charge in [0.2, 0.25) is 5.28 Å². The van der Waals surface area contributed by atoms with Crippen LogP contribution >= 0.6 is 23.2 Å². The molecule has 0 amide bonds. The van der Waals surface area contributed by atoms with Crippen LogP contribution in [0.4, 0.5) is 4.39 Å². The summed E-state index contributed by atoms with van der Waals surface area (Å²) in [5.74, 6) is -1.32. The predicted molar refractivity (Wildman–Crippen MR) is 139 cm³/mol. The minimum Gasteiger partial charge on any atom is -0.478 e. The molecule has 0 bridgehead atoms. The van der Waals surface area contributed by atoms with E-state index in [1.807, 2.05) is 60.7 Å². The van der Waals surface area contributed by atoms with Gasteiger partial charge in [-0.25, -0.2) is 14.2 Å². The van der Waals surface area contributed by atoms with Crippen LogP contribution < -0.4 is 0 Å². The van der Waals surface area contributed by atoms with Gasteiger partial charge in [-0.1, -0.05) is 72.3 Å². The monoisotopic (exact) mass is 559 g/mol. The summed E-state index contributed by atoms with van der Waals surface area (Å²) in [7, 11) is 1.55. The summed E-state index contributed by atoms with van der Waals surface area (Å²) in [5, 5.41) is 9.83. The molecule has 0 saturated carbocycles. The SMILES string of the molecule is Cn1c(C2O[C@H](COCc3ccccc3)[C@@H](OCc3ccccc3)[C@H]2F)c(C(=O)O)c2c(Cl)nc(Cl)nc21. The molecule has 0 spiro atoms. The molecule has 1 N–H and O–H groups in total. The van der Waals surface area contributed by atoms with Gasteiger partial charge in [0.15, 0.2) is 6.17 Å². The van der Waals surface area contributed by atoms with Gasteiger partial charge in [-0.15, -0.1) is 0 Å². The van der Waals surface area contributed by atoms with E-state index in [2.05, 4.69) is 9.97 Å². The van der Waals surface area contributed by atoms with Crippen molar-refractivity contribution in [2.24, 2.45) is 7.05 Å². The average molecular weight is 560 g/mol. The lowest BCUT2D eigenvalue weighted by atomic mass is 10.0. The second kappa shape index (κ2) is 11.3. The molecule has 3 heterocycles. The number of fused-ring (bicyclic) bond motifs is 1. The molecule has 1 fully saturated rings. The fourth-order valence-corrected chi connectivity index (χ4v) is 5.18. The van der Waals surface area contributed by atoms with E-state index in [0.717, 1.165) is 11.1 Å². The van der Waals surface area contributed by atoms with Gasteiger partial charge in [-0.2, -0.15) is 4.98 Å². The standard InChI is InChI=1S/C27H24Cl2FN3O5/c1-33-21(18(26(34)35)19-24(28)31-27(29)32-25(19)33)23-20(30)22(37-13-16-10-6-3-7-11-16)17(38-23)14-36-12-15-8-4-2-5-9-15/h2-11,17,20,22-23H,12-14H2,1H3,(H,34,35)/t17-,20-,22-,23?/m1/s1. The molecule has 1 aliphatic rings. The summed E-state index contributed by atoms with van der Waals surface area (Å²) in [4.78, 5) is 20.4. The topological polar surface area (TPSA) is 95.7 Å². The quantitative estimate of drug-likeness (QED) is 0.212. The largest absolute Gasteiger partial charge is 0.478 e. The van der Waals surface area contributed by atoms with Crippen LogP contribution in [-0.4, -0.2) is 50.6 Å². The number of nitrogens with zero attached hydrogens (tertiary/aromatic N) is 3. The van der Waals surface area contributed by atoms with E-state index in [0.29, 0.717) is 6.61 Å². The van der Waals surface area contributed by atoms with Gasteiger partial charge in [-0.3, -0.25) is 0 Å². The van der Waals surface area contributed by atoms with Crippen molar-refractivity contribution in [1.29, 1.82) is 0 Å². The molecular formula is C27H24Cl2FN3O5. The molecule has 1 saturated heterocycles. The van der Waals surface area contributed by atoms with Crippen molar-refractivity contribution < 1.29 is 28.5 Å². The second-order valence-corrected chi connectivity index (χ2v) is 9.60. The van der Waals surface area contributed by atoms with Gasteiger partial charge in [0, 0.05) is 7.05 Å². The number of aromatic carboxylic acids is 1. The maximum Gasteiger partial charge on any atom is 0.338 e. The van der Waals surface area contributed by atoms with E-state index in [1.165, 1.54) is 4.57 Å². The third kappa shape index (κ3) is 5.25. The highest BCUT2D eigenvalue weighted by atomic mass is 35.5. The smallest absolute Gasteiger partial charge is 0.338 e. The molecule has 38 heavy (non-hydrogen) atoms. The summed E-state index contributed by atoms with van der Waals surface area (Å²) < 4.78 is 35.6. The molecule has 5 rings (SSSR count). The Hall–Kier alpha value is -3.08. The van der Waals surface area contributed by atoms with E-state index in [-0.39, 0.29) is 45.9 Å². The van der Waals surface area contributed by atoms with Gasteiger partial charge in [0.05, 0.1) is 36.5 Å². The van der Waals surface area contributed by atoms with Crippen molar-refractivity contribution in [2.45, 2.75) is 37.7 Å². The molecule has 1 unspecified atom stereocenters. The molecule has 1 aliphatic heterocycles. The molecule has 11 heteroatoms. The van der Waals surface area contributed by atoms with Crippen molar-refractivity contribution >= 4 is 40.2 Å². The first kappa shape index (κ1) is 26.5. The molecule has 4 aromatic rings. The number of carboxylic acid groups (broad SMARTS) is 1. The summed E-state index contributed by atoms with van der Waals surface area (Å²) in [5.41, 5.74) is 1.78. The highest BCUT2D eigenvalue weighted by Gasteiger charge is 2.49. The van der Waals surface area contributed by atoms with Crippen LogP contribution in [0, 0.1) is 0 Å². The lowest BCUT2D eigenvalue weighted by Crippen LogP contribution is -2.34. The number of carboxylic acids is 1. The fourth-order valence-electron chi connectivity index (χ4n) is 4.72. The van der Waals surface area contributed by atoms with Crippen molar-refractivity contribution in [3.63, 3.8) is 0 Å². The Morgan fingerprint density at radius 3 is 2.32 bits per heavy atom. The highest BCUT2D eigenvalue weighted by Crippen LogP contribution is 2.43. The molecule has 8 nitrogen and oxygen atoms in total. The van der Waals surface area contributed by atoms with Gasteiger partial charge >= 0.3 is 5.97 Å².